The van der Waals surface area contributed by atoms with Crippen molar-refractivity contribution < 1.29 is 49.8 Å². The second-order valence-corrected chi connectivity index (χ2v) is 6.17. The molecule has 136 valence electrons. The van der Waals surface area contributed by atoms with Gasteiger partial charge in [-0.15, -0.1) is 0 Å². The lowest BCUT2D eigenvalue weighted by Crippen LogP contribution is -2.61. The van der Waals surface area contributed by atoms with Crippen LogP contribution in [0.4, 0.5) is 26.3 Å². The van der Waals surface area contributed by atoms with Crippen molar-refractivity contribution in [2.45, 2.75) is 29.5 Å². The molecular weight excluding hydrogens is 372 g/mol. The first-order valence-corrected chi connectivity index (χ1v) is 7.28. The molecule has 1 rings (SSSR count). The van der Waals surface area contributed by atoms with Gasteiger partial charge in [0.05, 0.1) is 4.90 Å². The molecule has 13 heteroatoms. The van der Waals surface area contributed by atoms with E-state index >= 15 is 0 Å². The second kappa shape index (κ2) is 6.57. The van der Waals surface area contributed by atoms with Crippen LogP contribution in [0.2, 0.25) is 0 Å². The van der Waals surface area contributed by atoms with Crippen molar-refractivity contribution in [1.82, 2.24) is 4.31 Å². The van der Waals surface area contributed by atoms with Crippen LogP contribution in [-0.2, 0) is 14.8 Å². The van der Waals surface area contributed by atoms with Gasteiger partial charge in [0.25, 0.3) is 10.0 Å². The average molecular weight is 381 g/mol. The number of aliphatic carboxylic acids is 1. The van der Waals surface area contributed by atoms with Crippen LogP contribution in [0.15, 0.2) is 35.2 Å². The molecule has 0 aliphatic heterocycles. The number of aliphatic hydroxyl groups excluding tert-OH is 1. The third-order valence-electron chi connectivity index (χ3n) is 2.69. The predicted molar refractivity (Wildman–Crippen MR) is 65.0 cm³/mol. The van der Waals surface area contributed by atoms with Crippen LogP contribution in [0, 0.1) is 0 Å². The number of sulfonamides is 1. The summed E-state index contributed by atoms with van der Waals surface area (Å²) in [5.74, 6) is -2.67. The third kappa shape index (κ3) is 4.15. The molecule has 2 unspecified atom stereocenters. The van der Waals surface area contributed by atoms with Crippen molar-refractivity contribution >= 4 is 16.0 Å². The molecule has 24 heavy (non-hydrogen) atoms. The molecule has 0 bridgehead atoms. The fourth-order valence-corrected chi connectivity index (χ4v) is 3.26. The van der Waals surface area contributed by atoms with Gasteiger partial charge in [-0.3, -0.25) is 0 Å². The zero-order valence-electron chi connectivity index (χ0n) is 11.3. The van der Waals surface area contributed by atoms with Gasteiger partial charge in [-0.1, -0.05) is 22.5 Å². The minimum atomic E-state index is -6.15. The maximum atomic E-state index is 13.0. The van der Waals surface area contributed by atoms with E-state index in [9.17, 15) is 39.6 Å². The van der Waals surface area contributed by atoms with Crippen LogP contribution in [0.25, 0.3) is 0 Å². The van der Waals surface area contributed by atoms with E-state index in [1.165, 1.54) is 6.07 Å². The van der Waals surface area contributed by atoms with E-state index in [1.807, 2.05) is 0 Å². The summed E-state index contributed by atoms with van der Waals surface area (Å²) >= 11 is 0. The lowest BCUT2D eigenvalue weighted by atomic mass is 10.1. The Morgan fingerprint density at radius 2 is 1.50 bits per heavy atom. The second-order valence-electron chi connectivity index (χ2n) is 4.35. The van der Waals surface area contributed by atoms with Crippen LogP contribution >= 0.6 is 0 Å². The van der Waals surface area contributed by atoms with E-state index in [2.05, 4.69) is 0 Å². The molecule has 0 aromatic heterocycles. The first-order valence-electron chi connectivity index (χ1n) is 5.84. The molecule has 2 N–H and O–H groups in total. The molecule has 1 aromatic rings. The fraction of sp³-hybridized carbons (Fsp3) is 0.364. The van der Waals surface area contributed by atoms with Crippen molar-refractivity contribution in [3.63, 3.8) is 0 Å². The zero-order valence-corrected chi connectivity index (χ0v) is 12.1. The Kier molecular flexibility index (Phi) is 5.52. The molecule has 0 amide bonds. The van der Waals surface area contributed by atoms with Crippen LogP contribution < -0.4 is 0 Å². The first kappa shape index (κ1) is 20.2. The number of benzene rings is 1. The number of carboxylic acid groups (broad SMARTS) is 1. The molecule has 2 atom stereocenters. The van der Waals surface area contributed by atoms with Crippen molar-refractivity contribution in [1.29, 1.82) is 0 Å². The molecule has 0 spiro atoms. The van der Waals surface area contributed by atoms with Gasteiger partial charge in [0.1, 0.15) is 0 Å². The van der Waals surface area contributed by atoms with Crippen LogP contribution in [0.3, 0.4) is 0 Å². The molecule has 6 nitrogen and oxygen atoms in total. The van der Waals surface area contributed by atoms with E-state index in [0.29, 0.717) is 12.1 Å². The van der Waals surface area contributed by atoms with E-state index in [4.69, 9.17) is 10.2 Å². The van der Waals surface area contributed by atoms with Gasteiger partial charge in [0, 0.05) is 0 Å². The van der Waals surface area contributed by atoms with Crippen molar-refractivity contribution in [3.05, 3.63) is 30.3 Å². The van der Waals surface area contributed by atoms with Gasteiger partial charge >= 0.3 is 18.4 Å². The summed E-state index contributed by atoms with van der Waals surface area (Å²) in [7, 11) is -5.85. The van der Waals surface area contributed by atoms with Crippen molar-refractivity contribution in [3.8, 4) is 0 Å². The summed E-state index contributed by atoms with van der Waals surface area (Å²) in [6.45, 7) is 0. The van der Waals surface area contributed by atoms with Crippen LogP contribution in [0.1, 0.15) is 0 Å². The highest BCUT2D eigenvalue weighted by Gasteiger charge is 2.63. The number of nitrogens with zero attached hydrogens (tertiary/aromatic N) is 1. The number of hydrogen-bond donors (Lipinski definition) is 2. The monoisotopic (exact) mass is 381 g/mol. The summed E-state index contributed by atoms with van der Waals surface area (Å²) < 4.78 is 99.9. The number of hydrogen-bond acceptors (Lipinski definition) is 4. The smallest absolute Gasteiger partial charge is 0.474 e. The molecule has 0 aliphatic rings. The van der Waals surface area contributed by atoms with Gasteiger partial charge in [-0.05, 0) is 12.1 Å². The lowest BCUT2D eigenvalue weighted by molar-refractivity contribution is -0.281. The van der Waals surface area contributed by atoms with Crippen LogP contribution in [-0.4, -0.2) is 53.5 Å². The number of carbonyl (C=O) groups is 1. The highest BCUT2D eigenvalue weighted by atomic mass is 32.2. The number of carboxylic acids is 1. The minimum absolute atomic E-state index is 0.592. The van der Waals surface area contributed by atoms with E-state index in [1.54, 1.807) is 0 Å². The normalized spacial score (nSPS) is 16.0. The highest BCUT2D eigenvalue weighted by Crippen LogP contribution is 2.39. The summed E-state index contributed by atoms with van der Waals surface area (Å²) in [5.41, 5.74) is 0. The third-order valence-corrected chi connectivity index (χ3v) is 4.51. The number of rotatable bonds is 5. The van der Waals surface area contributed by atoms with E-state index in [-0.39, 0.29) is 0 Å². The Balaban J connectivity index is 3.64. The molecule has 0 aliphatic carbocycles. The molecular formula is C11H9F6NO5S. The Bertz CT molecular complexity index is 687. The van der Waals surface area contributed by atoms with Gasteiger partial charge in [0.2, 0.25) is 0 Å². The largest absolute Gasteiger partial charge is 0.479 e. The predicted octanol–water partition coefficient (Wildman–Crippen LogP) is 1.57. The molecule has 0 heterocycles. The molecule has 0 fully saturated rings. The SMILES string of the molecule is O=C(O)C(O)C(N(C(F)(F)F)S(=O)(=O)c1ccccc1)C(F)(F)F. The van der Waals surface area contributed by atoms with E-state index < -0.39 is 49.8 Å². The maximum absolute atomic E-state index is 13.0. The van der Waals surface area contributed by atoms with Gasteiger partial charge < -0.3 is 10.2 Å². The summed E-state index contributed by atoms with van der Waals surface area (Å²) in [6.07, 6.45) is -15.9. The average Bonchev–Trinajstić information content (AvgIpc) is 2.41. The summed E-state index contributed by atoms with van der Waals surface area (Å²) in [4.78, 5) is 9.39. The molecule has 0 radical (unpaired) electrons. The maximum Gasteiger partial charge on any atom is 0.474 e. The Hall–Kier alpha value is -1.86. The number of halogens is 6. The lowest BCUT2D eigenvalue weighted by Gasteiger charge is -2.34. The van der Waals surface area contributed by atoms with Crippen molar-refractivity contribution in [2.24, 2.45) is 0 Å². The number of alkyl halides is 6. The molecule has 0 saturated carbocycles. The molecule has 0 saturated heterocycles. The summed E-state index contributed by atoms with van der Waals surface area (Å²) in [6, 6.07) is 0.0309. The summed E-state index contributed by atoms with van der Waals surface area (Å²) in [5, 5.41) is 17.5. The van der Waals surface area contributed by atoms with Gasteiger partial charge in [-0.2, -0.15) is 26.3 Å². The Morgan fingerprint density at radius 1 is 1.04 bits per heavy atom. The first-order chi connectivity index (χ1) is 10.7. The molecule has 1 aromatic carbocycles. The van der Waals surface area contributed by atoms with Crippen molar-refractivity contribution in [2.75, 3.05) is 0 Å². The minimum Gasteiger partial charge on any atom is -0.479 e. The van der Waals surface area contributed by atoms with Gasteiger partial charge in [-0.25, -0.2) is 13.2 Å². The van der Waals surface area contributed by atoms with Crippen LogP contribution in [0.5, 0.6) is 0 Å². The standard InChI is InChI=1S/C11H9F6NO5S/c12-10(13,14)8(7(19)9(20)21)18(11(15,16)17)24(22,23)6-4-2-1-3-5-6/h1-5,7-8,19H,(H,20,21). The quantitative estimate of drug-likeness (QED) is 0.597. The fourth-order valence-electron chi connectivity index (χ4n) is 1.72. The topological polar surface area (TPSA) is 94.9 Å². The Morgan fingerprint density at radius 3 is 1.83 bits per heavy atom. The highest BCUT2D eigenvalue weighted by molar-refractivity contribution is 7.89. The Labute approximate surface area is 131 Å². The number of aliphatic hydroxyl groups is 1. The van der Waals surface area contributed by atoms with E-state index in [0.717, 1.165) is 12.1 Å². The van der Waals surface area contributed by atoms with Gasteiger partial charge in [0.15, 0.2) is 12.1 Å². The zero-order chi connectivity index (χ0) is 18.9.